The zero-order valence-electron chi connectivity index (χ0n) is 14.5. The van der Waals surface area contributed by atoms with E-state index in [1.54, 1.807) is 4.90 Å². The maximum atomic E-state index is 12.9. The number of amides is 1. The van der Waals surface area contributed by atoms with Crippen molar-refractivity contribution in [3.63, 3.8) is 0 Å². The largest absolute Gasteiger partial charge is 0.288 e. The van der Waals surface area contributed by atoms with Crippen molar-refractivity contribution >= 4 is 51.6 Å². The van der Waals surface area contributed by atoms with Gasteiger partial charge in [-0.05, 0) is 47.4 Å². The standard InChI is InChI=1S/C21H21NOS3/c23-20-18(26-21(24)22(20)14-15-7-3-1-4-8-15)13-17-11-12-25-19(17)16-9-5-2-6-10-16/h1,3-4,7-8,11-13,16H,2,5-6,9-10,14H2. The first-order chi connectivity index (χ1) is 12.7. The Morgan fingerprint density at radius 3 is 2.65 bits per heavy atom. The minimum Gasteiger partial charge on any atom is -0.288 e. The Morgan fingerprint density at radius 2 is 1.88 bits per heavy atom. The van der Waals surface area contributed by atoms with Crippen molar-refractivity contribution < 1.29 is 4.79 Å². The summed E-state index contributed by atoms with van der Waals surface area (Å²) in [6.07, 6.45) is 8.61. The van der Waals surface area contributed by atoms with Crippen LogP contribution in [0.5, 0.6) is 0 Å². The molecule has 5 heteroatoms. The van der Waals surface area contributed by atoms with Crippen LogP contribution in [0, 0.1) is 0 Å². The number of nitrogens with zero attached hydrogens (tertiary/aromatic N) is 1. The monoisotopic (exact) mass is 399 g/mol. The van der Waals surface area contributed by atoms with Crippen molar-refractivity contribution in [2.24, 2.45) is 0 Å². The number of thiocarbonyl (C=S) groups is 1. The van der Waals surface area contributed by atoms with E-state index in [0.29, 0.717) is 16.8 Å². The third kappa shape index (κ3) is 3.80. The summed E-state index contributed by atoms with van der Waals surface area (Å²) in [7, 11) is 0. The smallest absolute Gasteiger partial charge is 0.266 e. The number of hydrogen-bond donors (Lipinski definition) is 0. The van der Waals surface area contributed by atoms with Gasteiger partial charge in [0, 0.05) is 4.88 Å². The molecule has 2 heterocycles. The SMILES string of the molecule is O=C1C(=Cc2ccsc2C2CCCCC2)SC(=S)N1Cc1ccccc1. The highest BCUT2D eigenvalue weighted by molar-refractivity contribution is 8.26. The quantitative estimate of drug-likeness (QED) is 0.451. The van der Waals surface area contributed by atoms with Crippen LogP contribution in [0.3, 0.4) is 0 Å². The Morgan fingerprint density at radius 1 is 1.12 bits per heavy atom. The molecule has 4 rings (SSSR count). The van der Waals surface area contributed by atoms with E-state index in [1.165, 1.54) is 54.3 Å². The van der Waals surface area contributed by atoms with Crippen LogP contribution in [0.2, 0.25) is 0 Å². The maximum absolute atomic E-state index is 12.9. The van der Waals surface area contributed by atoms with Crippen LogP contribution in [0.4, 0.5) is 0 Å². The molecule has 2 aliphatic rings. The first kappa shape index (κ1) is 18.0. The van der Waals surface area contributed by atoms with Crippen molar-refractivity contribution in [3.05, 3.63) is 62.7 Å². The van der Waals surface area contributed by atoms with Gasteiger partial charge in [-0.25, -0.2) is 0 Å². The second kappa shape index (κ2) is 8.07. The highest BCUT2D eigenvalue weighted by Crippen LogP contribution is 2.40. The second-order valence-corrected chi connectivity index (χ2v) is 9.45. The molecule has 0 bridgehead atoms. The molecule has 1 aromatic heterocycles. The molecule has 1 saturated carbocycles. The number of rotatable bonds is 4. The Kier molecular flexibility index (Phi) is 5.57. The van der Waals surface area contributed by atoms with Gasteiger partial charge in [0.25, 0.3) is 5.91 Å². The molecule has 1 saturated heterocycles. The normalized spacial score (nSPS) is 20.3. The van der Waals surface area contributed by atoms with Gasteiger partial charge in [0.1, 0.15) is 4.32 Å². The van der Waals surface area contributed by atoms with Crippen molar-refractivity contribution in [3.8, 4) is 0 Å². The number of carbonyl (C=O) groups excluding carboxylic acids is 1. The topological polar surface area (TPSA) is 20.3 Å². The average molecular weight is 400 g/mol. The third-order valence-corrected chi connectivity index (χ3v) is 7.52. The molecule has 1 aliphatic carbocycles. The fourth-order valence-corrected chi connectivity index (χ4v) is 5.99. The molecule has 0 N–H and O–H groups in total. The maximum Gasteiger partial charge on any atom is 0.266 e. The summed E-state index contributed by atoms with van der Waals surface area (Å²) in [5.41, 5.74) is 2.31. The second-order valence-electron chi connectivity index (χ2n) is 6.83. The van der Waals surface area contributed by atoms with Crippen molar-refractivity contribution in [2.45, 2.75) is 44.6 Å². The minimum absolute atomic E-state index is 0.0321. The molecular weight excluding hydrogens is 378 g/mol. The summed E-state index contributed by atoms with van der Waals surface area (Å²) < 4.78 is 0.652. The summed E-state index contributed by atoms with van der Waals surface area (Å²) in [6, 6.07) is 12.2. The zero-order chi connectivity index (χ0) is 17.9. The fourth-order valence-electron chi connectivity index (χ4n) is 3.69. The Labute approximate surface area is 168 Å². The Bertz CT molecular complexity index is 834. The number of thiophene rings is 1. The van der Waals surface area contributed by atoms with E-state index in [9.17, 15) is 4.79 Å². The molecule has 0 atom stereocenters. The summed E-state index contributed by atoms with van der Waals surface area (Å²) in [4.78, 5) is 16.8. The Hall–Kier alpha value is -1.43. The predicted molar refractivity (Wildman–Crippen MR) is 115 cm³/mol. The lowest BCUT2D eigenvalue weighted by atomic mass is 9.87. The molecule has 0 radical (unpaired) electrons. The molecule has 2 nitrogen and oxygen atoms in total. The lowest BCUT2D eigenvalue weighted by Gasteiger charge is -2.21. The third-order valence-electron chi connectivity index (χ3n) is 5.05. The van der Waals surface area contributed by atoms with Crippen LogP contribution in [0.25, 0.3) is 6.08 Å². The molecule has 26 heavy (non-hydrogen) atoms. The number of carbonyl (C=O) groups is 1. The molecule has 0 spiro atoms. The van der Waals surface area contributed by atoms with E-state index < -0.39 is 0 Å². The van der Waals surface area contributed by atoms with Crippen molar-refractivity contribution in [1.82, 2.24) is 4.90 Å². The van der Waals surface area contributed by atoms with Gasteiger partial charge < -0.3 is 0 Å². The van der Waals surface area contributed by atoms with E-state index in [4.69, 9.17) is 12.2 Å². The van der Waals surface area contributed by atoms with E-state index in [-0.39, 0.29) is 5.91 Å². The van der Waals surface area contributed by atoms with E-state index in [0.717, 1.165) is 10.5 Å². The Balaban J connectivity index is 1.54. The van der Waals surface area contributed by atoms with Crippen molar-refractivity contribution in [2.75, 3.05) is 0 Å². The number of hydrogen-bond acceptors (Lipinski definition) is 4. The zero-order valence-corrected chi connectivity index (χ0v) is 17.0. The van der Waals surface area contributed by atoms with E-state index in [1.807, 2.05) is 41.7 Å². The van der Waals surface area contributed by atoms with Crippen LogP contribution in [0.15, 0.2) is 46.7 Å². The van der Waals surface area contributed by atoms with Crippen LogP contribution in [-0.2, 0) is 11.3 Å². The van der Waals surface area contributed by atoms with Gasteiger partial charge in [0.15, 0.2) is 0 Å². The van der Waals surface area contributed by atoms with Crippen LogP contribution in [-0.4, -0.2) is 15.1 Å². The van der Waals surface area contributed by atoms with Gasteiger partial charge in [-0.1, -0.05) is 73.6 Å². The van der Waals surface area contributed by atoms with Gasteiger partial charge >= 0.3 is 0 Å². The summed E-state index contributed by atoms with van der Waals surface area (Å²) in [5, 5.41) is 2.15. The highest BCUT2D eigenvalue weighted by Gasteiger charge is 2.32. The number of thioether (sulfide) groups is 1. The van der Waals surface area contributed by atoms with Crippen LogP contribution < -0.4 is 0 Å². The first-order valence-corrected chi connectivity index (χ1v) is 11.2. The van der Waals surface area contributed by atoms with Crippen LogP contribution >= 0.6 is 35.3 Å². The van der Waals surface area contributed by atoms with E-state index >= 15 is 0 Å². The minimum atomic E-state index is 0.0321. The fraction of sp³-hybridized carbons (Fsp3) is 0.333. The van der Waals surface area contributed by atoms with Gasteiger partial charge in [-0.2, -0.15) is 0 Å². The predicted octanol–water partition coefficient (Wildman–Crippen LogP) is 6.20. The summed E-state index contributed by atoms with van der Waals surface area (Å²) in [6.45, 7) is 0.544. The molecule has 2 aromatic rings. The number of benzene rings is 1. The van der Waals surface area contributed by atoms with Gasteiger partial charge in [-0.15, -0.1) is 11.3 Å². The van der Waals surface area contributed by atoms with Crippen molar-refractivity contribution in [1.29, 1.82) is 0 Å². The first-order valence-electron chi connectivity index (χ1n) is 9.09. The molecule has 2 fully saturated rings. The van der Waals surface area contributed by atoms with Gasteiger partial charge in [0.05, 0.1) is 11.4 Å². The van der Waals surface area contributed by atoms with E-state index in [2.05, 4.69) is 17.5 Å². The summed E-state index contributed by atoms with van der Waals surface area (Å²) >= 11 is 8.74. The molecule has 134 valence electrons. The molecule has 1 aromatic carbocycles. The molecule has 0 unspecified atom stereocenters. The molecule has 1 aliphatic heterocycles. The van der Waals surface area contributed by atoms with Crippen LogP contribution in [0.1, 0.15) is 54.0 Å². The van der Waals surface area contributed by atoms with Gasteiger partial charge in [-0.3, -0.25) is 9.69 Å². The average Bonchev–Trinajstić information content (AvgIpc) is 3.24. The molecular formula is C21H21NOS3. The lowest BCUT2D eigenvalue weighted by Crippen LogP contribution is -2.27. The summed E-state index contributed by atoms with van der Waals surface area (Å²) in [5.74, 6) is 0.689. The lowest BCUT2D eigenvalue weighted by molar-refractivity contribution is -0.122. The molecule has 1 amide bonds. The van der Waals surface area contributed by atoms with Gasteiger partial charge in [0.2, 0.25) is 0 Å². The highest BCUT2D eigenvalue weighted by atomic mass is 32.2.